The summed E-state index contributed by atoms with van der Waals surface area (Å²) in [4.78, 5) is 18.7. The highest BCUT2D eigenvalue weighted by molar-refractivity contribution is 7.89. The summed E-state index contributed by atoms with van der Waals surface area (Å²) in [5.74, 6) is -2.25. The molecule has 38 heavy (non-hydrogen) atoms. The van der Waals surface area contributed by atoms with Crippen molar-refractivity contribution < 1.29 is 26.4 Å². The number of carbonyl (C=O) groups is 1. The van der Waals surface area contributed by atoms with Crippen LogP contribution in [-0.2, 0) is 10.0 Å². The highest BCUT2D eigenvalue weighted by Crippen LogP contribution is 2.36. The lowest BCUT2D eigenvalue weighted by Gasteiger charge is -2.56. The number of carbonyl (C=O) groups excluding carboxylic acids is 1. The SMILES string of the molecule is Cc1cc(-c2c(F)cc(S(=O)(=O)N3CCC(F)CC3)cc2F)nc2cc(C(=O)N3CC4(CNC4)C3)ccc12. The van der Waals surface area contributed by atoms with E-state index < -0.39 is 38.3 Å². The Morgan fingerprint density at radius 3 is 2.32 bits per heavy atom. The van der Waals surface area contributed by atoms with E-state index in [1.54, 1.807) is 30.0 Å². The molecule has 0 radical (unpaired) electrons. The van der Waals surface area contributed by atoms with Gasteiger partial charge in [0.05, 0.1) is 21.7 Å². The Morgan fingerprint density at radius 2 is 1.71 bits per heavy atom. The minimum atomic E-state index is -4.18. The number of halogens is 3. The van der Waals surface area contributed by atoms with Crippen molar-refractivity contribution in [1.29, 1.82) is 0 Å². The van der Waals surface area contributed by atoms with Crippen LogP contribution in [0.2, 0.25) is 0 Å². The lowest BCUT2D eigenvalue weighted by atomic mass is 9.74. The largest absolute Gasteiger partial charge is 0.337 e. The van der Waals surface area contributed by atoms with Crippen molar-refractivity contribution in [3.05, 3.63) is 59.2 Å². The topological polar surface area (TPSA) is 82.6 Å². The lowest BCUT2D eigenvalue weighted by Crippen LogP contribution is -2.71. The number of hydrogen-bond acceptors (Lipinski definition) is 5. The first-order chi connectivity index (χ1) is 18.1. The standard InChI is InChI=1S/C27H27F3N4O3S/c1-16-8-24(25-21(29)10-19(11-22(25)30)38(36,37)34-6-4-18(28)5-7-34)32-23-9-17(2-3-20(16)23)26(35)33-14-27(15-33)12-31-13-27/h2-3,8-11,18,31H,4-7,12-15H2,1H3. The highest BCUT2D eigenvalue weighted by atomic mass is 32.2. The first-order valence-corrected chi connectivity index (χ1v) is 14.1. The fourth-order valence-corrected chi connectivity index (χ4v) is 7.11. The van der Waals surface area contributed by atoms with Gasteiger partial charge in [0, 0.05) is 55.6 Å². The molecule has 200 valence electrons. The van der Waals surface area contributed by atoms with Crippen LogP contribution in [0.3, 0.4) is 0 Å². The summed E-state index contributed by atoms with van der Waals surface area (Å²) in [6, 6.07) is 8.24. The second kappa shape index (κ2) is 9.03. The predicted octanol–water partition coefficient (Wildman–Crippen LogP) is 3.66. The van der Waals surface area contributed by atoms with Crippen molar-refractivity contribution in [3.63, 3.8) is 0 Å². The molecule has 1 aromatic heterocycles. The molecule has 3 aliphatic rings. The van der Waals surface area contributed by atoms with Crippen LogP contribution in [0.25, 0.3) is 22.2 Å². The molecule has 6 rings (SSSR count). The number of aromatic nitrogens is 1. The molecule has 3 aliphatic heterocycles. The first kappa shape index (κ1) is 25.3. The number of pyridine rings is 1. The smallest absolute Gasteiger partial charge is 0.253 e. The van der Waals surface area contributed by atoms with E-state index in [0.29, 0.717) is 29.7 Å². The summed E-state index contributed by atoms with van der Waals surface area (Å²) in [6.07, 6.45) is -0.996. The van der Waals surface area contributed by atoms with Crippen molar-refractivity contribution in [2.24, 2.45) is 5.41 Å². The monoisotopic (exact) mass is 544 g/mol. The molecule has 0 atom stereocenters. The van der Waals surface area contributed by atoms with Crippen LogP contribution < -0.4 is 5.32 Å². The number of sulfonamides is 1. The van der Waals surface area contributed by atoms with Crippen LogP contribution in [0.15, 0.2) is 41.3 Å². The van der Waals surface area contributed by atoms with Crippen LogP contribution in [-0.4, -0.2) is 74.0 Å². The maximum Gasteiger partial charge on any atom is 0.253 e. The second-order valence-corrected chi connectivity index (χ2v) is 12.6. The molecule has 2 aromatic carbocycles. The highest BCUT2D eigenvalue weighted by Gasteiger charge is 2.49. The summed E-state index contributed by atoms with van der Waals surface area (Å²) >= 11 is 0. The molecule has 1 spiro atoms. The normalized spacial score (nSPS) is 19.9. The molecule has 4 heterocycles. The molecule has 3 aromatic rings. The number of aryl methyl sites for hydroxylation is 1. The number of nitrogens with zero attached hydrogens (tertiary/aromatic N) is 3. The number of piperidine rings is 1. The van der Waals surface area contributed by atoms with Gasteiger partial charge in [0.25, 0.3) is 5.91 Å². The molecule has 0 aliphatic carbocycles. The third-order valence-electron chi connectivity index (χ3n) is 7.90. The van der Waals surface area contributed by atoms with E-state index in [4.69, 9.17) is 0 Å². The van der Waals surface area contributed by atoms with Gasteiger partial charge in [-0.2, -0.15) is 4.31 Å². The Balaban J connectivity index is 1.32. The molecule has 3 fully saturated rings. The van der Waals surface area contributed by atoms with Crippen LogP contribution in [0.5, 0.6) is 0 Å². The summed E-state index contributed by atoms with van der Waals surface area (Å²) < 4.78 is 71.0. The second-order valence-electron chi connectivity index (χ2n) is 10.7. The minimum absolute atomic E-state index is 0.000219. The molecule has 0 unspecified atom stereocenters. The van der Waals surface area contributed by atoms with Gasteiger partial charge in [-0.25, -0.2) is 26.6 Å². The van der Waals surface area contributed by atoms with E-state index in [1.807, 2.05) is 0 Å². The zero-order valence-electron chi connectivity index (χ0n) is 20.8. The van der Waals surface area contributed by atoms with Crippen molar-refractivity contribution >= 4 is 26.8 Å². The van der Waals surface area contributed by atoms with Crippen LogP contribution >= 0.6 is 0 Å². The number of rotatable bonds is 4. The van der Waals surface area contributed by atoms with Gasteiger partial charge in [-0.3, -0.25) is 4.79 Å². The number of hydrogen-bond donors (Lipinski definition) is 1. The number of alkyl halides is 1. The molecular formula is C27H27F3N4O3S. The first-order valence-electron chi connectivity index (χ1n) is 12.6. The molecule has 0 bridgehead atoms. The number of likely N-dealkylation sites (tertiary alicyclic amines) is 1. The van der Waals surface area contributed by atoms with E-state index in [0.717, 1.165) is 34.9 Å². The van der Waals surface area contributed by atoms with Crippen LogP contribution in [0.1, 0.15) is 28.8 Å². The van der Waals surface area contributed by atoms with Gasteiger partial charge >= 0.3 is 0 Å². The molecule has 1 amide bonds. The van der Waals surface area contributed by atoms with Gasteiger partial charge in [0.2, 0.25) is 10.0 Å². The maximum atomic E-state index is 15.3. The molecule has 11 heteroatoms. The summed E-state index contributed by atoms with van der Waals surface area (Å²) in [6.45, 7) is 4.90. The van der Waals surface area contributed by atoms with Crippen LogP contribution in [0, 0.1) is 24.0 Å². The Bertz CT molecular complexity index is 1540. The fraction of sp³-hybridized carbons (Fsp3) is 0.407. The zero-order chi connectivity index (χ0) is 26.8. The average molecular weight is 545 g/mol. The summed E-state index contributed by atoms with van der Waals surface area (Å²) in [7, 11) is -4.18. The van der Waals surface area contributed by atoms with Gasteiger partial charge < -0.3 is 10.2 Å². The van der Waals surface area contributed by atoms with Crippen molar-refractivity contribution in [2.45, 2.75) is 30.8 Å². The van der Waals surface area contributed by atoms with E-state index >= 15 is 8.78 Å². The van der Waals surface area contributed by atoms with E-state index in [9.17, 15) is 17.6 Å². The molecule has 7 nitrogen and oxygen atoms in total. The quantitative estimate of drug-likeness (QED) is 0.542. The Hall–Kier alpha value is -3.02. The molecular weight excluding hydrogens is 517 g/mol. The van der Waals surface area contributed by atoms with Gasteiger partial charge in [-0.1, -0.05) is 6.07 Å². The molecule has 0 saturated carbocycles. The average Bonchev–Trinajstić information content (AvgIpc) is 2.81. The van der Waals surface area contributed by atoms with E-state index in [2.05, 4.69) is 10.3 Å². The number of nitrogens with one attached hydrogen (secondary N) is 1. The van der Waals surface area contributed by atoms with Crippen LogP contribution in [0.4, 0.5) is 13.2 Å². The third-order valence-corrected chi connectivity index (χ3v) is 9.77. The molecule has 3 saturated heterocycles. The number of amides is 1. The van der Waals surface area contributed by atoms with Gasteiger partial charge in [-0.05, 0) is 55.7 Å². The predicted molar refractivity (Wildman–Crippen MR) is 136 cm³/mol. The van der Waals surface area contributed by atoms with Crippen molar-refractivity contribution in [1.82, 2.24) is 19.5 Å². The third kappa shape index (κ3) is 4.17. The van der Waals surface area contributed by atoms with E-state index in [1.165, 1.54) is 6.07 Å². The van der Waals surface area contributed by atoms with Gasteiger partial charge in [-0.15, -0.1) is 0 Å². The fourth-order valence-electron chi connectivity index (χ4n) is 5.61. The summed E-state index contributed by atoms with van der Waals surface area (Å²) in [5.41, 5.74) is 1.30. The minimum Gasteiger partial charge on any atom is -0.337 e. The summed E-state index contributed by atoms with van der Waals surface area (Å²) in [5, 5.41) is 3.98. The van der Waals surface area contributed by atoms with Crippen molar-refractivity contribution in [2.75, 3.05) is 39.3 Å². The lowest BCUT2D eigenvalue weighted by molar-refractivity contribution is -0.0248. The van der Waals surface area contributed by atoms with E-state index in [-0.39, 0.29) is 42.9 Å². The van der Waals surface area contributed by atoms with Gasteiger partial charge in [0.1, 0.15) is 17.8 Å². The van der Waals surface area contributed by atoms with Gasteiger partial charge in [0.15, 0.2) is 0 Å². The number of benzene rings is 2. The molecule has 1 N–H and O–H groups in total. The Labute approximate surface area is 218 Å². The Morgan fingerprint density at radius 1 is 1.05 bits per heavy atom. The maximum absolute atomic E-state index is 15.3. The zero-order valence-corrected chi connectivity index (χ0v) is 21.6. The Kier molecular flexibility index (Phi) is 6.00. The number of fused-ring (bicyclic) bond motifs is 1. The van der Waals surface area contributed by atoms with Crippen molar-refractivity contribution in [3.8, 4) is 11.3 Å².